The van der Waals surface area contributed by atoms with Crippen LogP contribution >= 0.6 is 0 Å². The standard InChI is InChI=1S/C10H15N3O2/c1-2-13-5-8(3-11-13)4-12-6-9(7-12)10(14)15/h3,5,9H,2,4,6-7H2,1H3,(H,14,15). The summed E-state index contributed by atoms with van der Waals surface area (Å²) < 4.78 is 1.88. The Balaban J connectivity index is 1.82. The number of carboxylic acid groups (broad SMARTS) is 1. The Bertz CT molecular complexity index is 355. The SMILES string of the molecule is CCn1cc(CN2CC(C(=O)O)C2)cn1. The molecule has 2 rings (SSSR count). The normalized spacial score (nSPS) is 17.7. The van der Waals surface area contributed by atoms with Crippen molar-refractivity contribution >= 4 is 5.97 Å². The molecule has 0 bridgehead atoms. The zero-order valence-electron chi connectivity index (χ0n) is 8.76. The molecule has 1 saturated heterocycles. The van der Waals surface area contributed by atoms with Crippen LogP contribution in [-0.4, -0.2) is 38.8 Å². The average Bonchev–Trinajstić information content (AvgIpc) is 2.57. The lowest BCUT2D eigenvalue weighted by atomic mass is 10.0. The number of rotatable bonds is 4. The number of hydrogen-bond donors (Lipinski definition) is 1. The van der Waals surface area contributed by atoms with Crippen LogP contribution in [0.3, 0.4) is 0 Å². The van der Waals surface area contributed by atoms with Crippen molar-refractivity contribution in [3.8, 4) is 0 Å². The Morgan fingerprint density at radius 2 is 2.40 bits per heavy atom. The largest absolute Gasteiger partial charge is 0.481 e. The molecule has 0 saturated carbocycles. The Morgan fingerprint density at radius 3 is 2.93 bits per heavy atom. The average molecular weight is 209 g/mol. The maximum atomic E-state index is 10.6. The lowest BCUT2D eigenvalue weighted by Gasteiger charge is -2.36. The molecule has 1 fully saturated rings. The van der Waals surface area contributed by atoms with Crippen molar-refractivity contribution in [3.63, 3.8) is 0 Å². The van der Waals surface area contributed by atoms with Crippen LogP contribution in [-0.2, 0) is 17.9 Å². The fraction of sp³-hybridized carbons (Fsp3) is 0.600. The van der Waals surface area contributed by atoms with E-state index in [-0.39, 0.29) is 5.92 Å². The molecule has 82 valence electrons. The van der Waals surface area contributed by atoms with E-state index in [1.807, 2.05) is 24.0 Å². The van der Waals surface area contributed by atoms with Gasteiger partial charge in [-0.15, -0.1) is 0 Å². The van der Waals surface area contributed by atoms with E-state index < -0.39 is 5.97 Å². The summed E-state index contributed by atoms with van der Waals surface area (Å²) in [4.78, 5) is 12.7. The third kappa shape index (κ3) is 2.18. The van der Waals surface area contributed by atoms with Gasteiger partial charge in [0.2, 0.25) is 0 Å². The topological polar surface area (TPSA) is 58.4 Å². The highest BCUT2D eigenvalue weighted by molar-refractivity contribution is 5.71. The van der Waals surface area contributed by atoms with Gasteiger partial charge in [0.05, 0.1) is 12.1 Å². The molecule has 2 heterocycles. The summed E-state index contributed by atoms with van der Waals surface area (Å²) in [5, 5.41) is 12.9. The maximum absolute atomic E-state index is 10.6. The van der Waals surface area contributed by atoms with Gasteiger partial charge in [0.15, 0.2) is 0 Å². The van der Waals surface area contributed by atoms with Crippen molar-refractivity contribution in [1.82, 2.24) is 14.7 Å². The number of nitrogens with zero attached hydrogens (tertiary/aromatic N) is 3. The molecule has 1 aliphatic heterocycles. The van der Waals surface area contributed by atoms with Crippen LogP contribution < -0.4 is 0 Å². The van der Waals surface area contributed by atoms with Crippen LogP contribution in [0.4, 0.5) is 0 Å². The third-order valence-corrected chi connectivity index (χ3v) is 2.72. The number of hydrogen-bond acceptors (Lipinski definition) is 3. The van der Waals surface area contributed by atoms with Gasteiger partial charge in [0.1, 0.15) is 0 Å². The van der Waals surface area contributed by atoms with Crippen molar-refractivity contribution < 1.29 is 9.90 Å². The molecular formula is C10H15N3O2. The predicted molar refractivity (Wildman–Crippen MR) is 54.3 cm³/mol. The summed E-state index contributed by atoms with van der Waals surface area (Å²) in [6.45, 7) is 5.04. The molecule has 1 aromatic heterocycles. The highest BCUT2D eigenvalue weighted by Gasteiger charge is 2.32. The summed E-state index contributed by atoms with van der Waals surface area (Å²) in [6.07, 6.45) is 3.85. The van der Waals surface area contributed by atoms with Crippen LogP contribution in [0.15, 0.2) is 12.4 Å². The minimum Gasteiger partial charge on any atom is -0.481 e. The first-order chi connectivity index (χ1) is 7.19. The first-order valence-electron chi connectivity index (χ1n) is 5.15. The van der Waals surface area contributed by atoms with Crippen LogP contribution in [0, 0.1) is 5.92 Å². The first-order valence-corrected chi connectivity index (χ1v) is 5.15. The van der Waals surface area contributed by atoms with Crippen molar-refractivity contribution in [3.05, 3.63) is 18.0 Å². The van der Waals surface area contributed by atoms with E-state index in [2.05, 4.69) is 10.00 Å². The number of aryl methyl sites for hydroxylation is 1. The lowest BCUT2D eigenvalue weighted by molar-refractivity contribution is -0.147. The Morgan fingerprint density at radius 1 is 1.67 bits per heavy atom. The molecular weight excluding hydrogens is 194 g/mol. The van der Waals surface area contributed by atoms with Crippen molar-refractivity contribution in [2.24, 2.45) is 5.92 Å². The van der Waals surface area contributed by atoms with Gasteiger partial charge in [0.25, 0.3) is 0 Å². The summed E-state index contributed by atoms with van der Waals surface area (Å²) >= 11 is 0. The van der Waals surface area contributed by atoms with Crippen molar-refractivity contribution in [2.75, 3.05) is 13.1 Å². The molecule has 5 nitrogen and oxygen atoms in total. The molecule has 0 unspecified atom stereocenters. The minimum atomic E-state index is -0.685. The third-order valence-electron chi connectivity index (χ3n) is 2.72. The quantitative estimate of drug-likeness (QED) is 0.780. The van der Waals surface area contributed by atoms with E-state index in [4.69, 9.17) is 5.11 Å². The number of aliphatic carboxylic acids is 1. The fourth-order valence-corrected chi connectivity index (χ4v) is 1.77. The van der Waals surface area contributed by atoms with Gasteiger partial charge in [-0.2, -0.15) is 5.10 Å². The predicted octanol–water partition coefficient (Wildman–Crippen LogP) is 0.419. The number of carbonyl (C=O) groups is 1. The summed E-state index contributed by atoms with van der Waals surface area (Å²) in [5.41, 5.74) is 1.15. The molecule has 15 heavy (non-hydrogen) atoms. The molecule has 0 atom stereocenters. The van der Waals surface area contributed by atoms with E-state index in [9.17, 15) is 4.79 Å². The number of carboxylic acids is 1. The van der Waals surface area contributed by atoms with Crippen molar-refractivity contribution in [2.45, 2.75) is 20.0 Å². The molecule has 0 aliphatic carbocycles. The van der Waals surface area contributed by atoms with Crippen LogP contribution in [0.1, 0.15) is 12.5 Å². The van der Waals surface area contributed by atoms with Crippen LogP contribution in [0.5, 0.6) is 0 Å². The lowest BCUT2D eigenvalue weighted by Crippen LogP contribution is -2.49. The first kappa shape index (κ1) is 10.2. The van der Waals surface area contributed by atoms with E-state index >= 15 is 0 Å². The highest BCUT2D eigenvalue weighted by atomic mass is 16.4. The summed E-state index contributed by atoms with van der Waals surface area (Å²) in [6, 6.07) is 0. The van der Waals surface area contributed by atoms with E-state index in [1.165, 1.54) is 0 Å². The van der Waals surface area contributed by atoms with Crippen LogP contribution in [0.2, 0.25) is 0 Å². The second-order valence-corrected chi connectivity index (χ2v) is 3.93. The Kier molecular flexibility index (Phi) is 2.73. The monoisotopic (exact) mass is 209 g/mol. The zero-order valence-corrected chi connectivity index (χ0v) is 8.76. The molecule has 5 heteroatoms. The molecule has 0 radical (unpaired) electrons. The Labute approximate surface area is 88.3 Å². The molecule has 0 amide bonds. The Hall–Kier alpha value is -1.36. The number of likely N-dealkylation sites (tertiary alicyclic amines) is 1. The van der Waals surface area contributed by atoms with Gasteiger partial charge in [0, 0.05) is 37.9 Å². The van der Waals surface area contributed by atoms with E-state index in [0.717, 1.165) is 18.7 Å². The van der Waals surface area contributed by atoms with Gasteiger partial charge in [-0.1, -0.05) is 0 Å². The molecule has 0 spiro atoms. The molecule has 0 aromatic carbocycles. The number of aromatic nitrogens is 2. The van der Waals surface area contributed by atoms with Gasteiger partial charge >= 0.3 is 5.97 Å². The van der Waals surface area contributed by atoms with E-state index in [1.54, 1.807) is 0 Å². The fourth-order valence-electron chi connectivity index (χ4n) is 1.77. The smallest absolute Gasteiger partial charge is 0.309 e. The molecule has 1 aromatic rings. The van der Waals surface area contributed by atoms with E-state index in [0.29, 0.717) is 13.1 Å². The highest BCUT2D eigenvalue weighted by Crippen LogP contribution is 2.18. The molecule has 1 N–H and O–H groups in total. The summed E-state index contributed by atoms with van der Waals surface area (Å²) in [7, 11) is 0. The van der Waals surface area contributed by atoms with Gasteiger partial charge in [-0.05, 0) is 6.92 Å². The van der Waals surface area contributed by atoms with Gasteiger partial charge < -0.3 is 5.11 Å². The molecule has 1 aliphatic rings. The maximum Gasteiger partial charge on any atom is 0.309 e. The zero-order chi connectivity index (χ0) is 10.8. The minimum absolute atomic E-state index is 0.175. The second kappa shape index (κ2) is 4.02. The summed E-state index contributed by atoms with van der Waals surface area (Å²) in [5.74, 6) is -0.860. The van der Waals surface area contributed by atoms with Gasteiger partial charge in [-0.3, -0.25) is 14.4 Å². The van der Waals surface area contributed by atoms with Crippen LogP contribution in [0.25, 0.3) is 0 Å². The van der Waals surface area contributed by atoms with Crippen molar-refractivity contribution in [1.29, 1.82) is 0 Å². The second-order valence-electron chi connectivity index (χ2n) is 3.93. The van der Waals surface area contributed by atoms with Gasteiger partial charge in [-0.25, -0.2) is 0 Å².